The number of aliphatic carboxylic acids is 1. The van der Waals surface area contributed by atoms with E-state index in [1.54, 1.807) is 31.2 Å². The number of para-hydroxylation sites is 1. The average molecular weight is 388 g/mol. The summed E-state index contributed by atoms with van der Waals surface area (Å²) >= 11 is 11.8. The molecule has 0 saturated carbocycles. The molecule has 1 N–H and O–H groups in total. The van der Waals surface area contributed by atoms with Crippen LogP contribution in [0.3, 0.4) is 0 Å². The summed E-state index contributed by atoms with van der Waals surface area (Å²) in [5, 5.41) is 9.29. The first kappa shape index (κ1) is 18.6. The van der Waals surface area contributed by atoms with E-state index in [1.165, 1.54) is 18.2 Å². The average Bonchev–Trinajstić information content (AvgIpc) is 2.51. The molecule has 0 aliphatic rings. The van der Waals surface area contributed by atoms with Gasteiger partial charge in [0, 0.05) is 6.54 Å². The minimum Gasteiger partial charge on any atom is -0.481 e. The number of sulfonamides is 1. The summed E-state index contributed by atoms with van der Waals surface area (Å²) in [4.78, 5) is 10.9. The van der Waals surface area contributed by atoms with Crippen LogP contribution in [0.1, 0.15) is 12.0 Å². The summed E-state index contributed by atoms with van der Waals surface area (Å²) in [5.74, 6) is -1.09. The Hall–Kier alpha value is -1.76. The molecule has 5 nitrogen and oxygen atoms in total. The van der Waals surface area contributed by atoms with Gasteiger partial charge in [-0.2, -0.15) is 0 Å². The number of carboxylic acid groups (broad SMARTS) is 1. The fraction of sp³-hybridized carbons (Fsp3) is 0.188. The van der Waals surface area contributed by atoms with Crippen LogP contribution < -0.4 is 4.31 Å². The van der Waals surface area contributed by atoms with E-state index in [4.69, 9.17) is 28.3 Å². The molecule has 2 aromatic rings. The van der Waals surface area contributed by atoms with Gasteiger partial charge in [-0.1, -0.05) is 41.4 Å². The second-order valence-corrected chi connectivity index (χ2v) is 7.76. The van der Waals surface area contributed by atoms with Crippen molar-refractivity contribution in [1.29, 1.82) is 0 Å². The number of aryl methyl sites for hydroxylation is 1. The fourth-order valence-electron chi connectivity index (χ4n) is 2.18. The van der Waals surface area contributed by atoms with Crippen LogP contribution in [0.2, 0.25) is 10.0 Å². The third-order valence-electron chi connectivity index (χ3n) is 3.39. The smallest absolute Gasteiger partial charge is 0.305 e. The Morgan fingerprint density at radius 2 is 1.79 bits per heavy atom. The summed E-state index contributed by atoms with van der Waals surface area (Å²) in [7, 11) is -3.98. The zero-order valence-corrected chi connectivity index (χ0v) is 15.1. The van der Waals surface area contributed by atoms with Crippen molar-refractivity contribution in [2.45, 2.75) is 18.2 Å². The molecule has 0 fully saturated rings. The van der Waals surface area contributed by atoms with E-state index in [0.29, 0.717) is 11.3 Å². The molecule has 0 aliphatic carbocycles. The van der Waals surface area contributed by atoms with Gasteiger partial charge >= 0.3 is 5.97 Å². The highest BCUT2D eigenvalue weighted by atomic mass is 35.5. The monoisotopic (exact) mass is 387 g/mol. The van der Waals surface area contributed by atoms with E-state index in [1.807, 2.05) is 0 Å². The first-order chi connectivity index (χ1) is 11.2. The molecule has 0 spiro atoms. The lowest BCUT2D eigenvalue weighted by Crippen LogP contribution is -2.33. The standard InChI is InChI=1S/C16H15Cl2NO4S/c1-11-4-2-3-5-15(11)19(9-8-16(20)21)24(22,23)12-6-7-13(17)14(18)10-12/h2-7,10H,8-9H2,1H3,(H,20,21). The van der Waals surface area contributed by atoms with E-state index < -0.39 is 16.0 Å². The third-order valence-corrected chi connectivity index (χ3v) is 5.94. The molecule has 128 valence electrons. The highest BCUT2D eigenvalue weighted by Gasteiger charge is 2.27. The van der Waals surface area contributed by atoms with Crippen molar-refractivity contribution in [3.8, 4) is 0 Å². The summed E-state index contributed by atoms with van der Waals surface area (Å²) in [6.07, 6.45) is -0.325. The Kier molecular flexibility index (Phi) is 5.74. The van der Waals surface area contributed by atoms with Gasteiger partial charge in [0.05, 0.1) is 27.0 Å². The molecule has 2 rings (SSSR count). The number of halogens is 2. The molecule has 0 radical (unpaired) electrons. The number of hydrogen-bond donors (Lipinski definition) is 1. The van der Waals surface area contributed by atoms with E-state index in [9.17, 15) is 13.2 Å². The van der Waals surface area contributed by atoms with Gasteiger partial charge in [0.2, 0.25) is 0 Å². The van der Waals surface area contributed by atoms with Crippen LogP contribution >= 0.6 is 23.2 Å². The van der Waals surface area contributed by atoms with Gasteiger partial charge in [-0.15, -0.1) is 0 Å². The molecule has 0 amide bonds. The van der Waals surface area contributed by atoms with E-state index in [2.05, 4.69) is 0 Å². The summed E-state index contributed by atoms with van der Waals surface area (Å²) in [6.45, 7) is 1.57. The number of hydrogen-bond acceptors (Lipinski definition) is 3. The maximum atomic E-state index is 13.0. The number of benzene rings is 2. The number of rotatable bonds is 6. The van der Waals surface area contributed by atoms with Crippen molar-refractivity contribution in [2.75, 3.05) is 10.8 Å². The van der Waals surface area contributed by atoms with Gasteiger partial charge in [-0.05, 0) is 36.8 Å². The minimum atomic E-state index is -3.98. The molecule has 24 heavy (non-hydrogen) atoms. The van der Waals surface area contributed by atoms with Gasteiger partial charge in [-0.3, -0.25) is 9.10 Å². The quantitative estimate of drug-likeness (QED) is 0.813. The number of carboxylic acids is 1. The van der Waals surface area contributed by atoms with Crippen LogP contribution in [0, 0.1) is 6.92 Å². The highest BCUT2D eigenvalue weighted by molar-refractivity contribution is 7.92. The highest BCUT2D eigenvalue weighted by Crippen LogP contribution is 2.30. The first-order valence-electron chi connectivity index (χ1n) is 6.98. The van der Waals surface area contributed by atoms with Crippen molar-refractivity contribution < 1.29 is 18.3 Å². The molecule has 0 saturated heterocycles. The van der Waals surface area contributed by atoms with Crippen LogP contribution in [0.5, 0.6) is 0 Å². The summed E-state index contributed by atoms with van der Waals surface area (Å²) in [6, 6.07) is 10.9. The van der Waals surface area contributed by atoms with Gasteiger partial charge in [0.25, 0.3) is 10.0 Å². The zero-order chi connectivity index (χ0) is 17.9. The lowest BCUT2D eigenvalue weighted by Gasteiger charge is -2.25. The molecule has 0 heterocycles. The second-order valence-electron chi connectivity index (χ2n) is 5.08. The van der Waals surface area contributed by atoms with Crippen molar-refractivity contribution in [2.24, 2.45) is 0 Å². The van der Waals surface area contributed by atoms with Crippen LogP contribution in [0.25, 0.3) is 0 Å². The lowest BCUT2D eigenvalue weighted by molar-refractivity contribution is -0.136. The lowest BCUT2D eigenvalue weighted by atomic mass is 10.2. The van der Waals surface area contributed by atoms with Crippen LogP contribution in [0.4, 0.5) is 5.69 Å². The molecule has 0 aromatic heterocycles. The van der Waals surface area contributed by atoms with Gasteiger partial charge in [-0.25, -0.2) is 8.42 Å². The Bertz CT molecular complexity index is 868. The SMILES string of the molecule is Cc1ccccc1N(CCC(=O)O)S(=O)(=O)c1ccc(Cl)c(Cl)c1. The molecule has 0 atom stereocenters. The number of nitrogens with zero attached hydrogens (tertiary/aromatic N) is 1. The predicted octanol–water partition coefficient (Wildman–Crippen LogP) is 3.97. The number of carbonyl (C=O) groups is 1. The molecule has 8 heteroatoms. The molecule has 0 bridgehead atoms. The number of anilines is 1. The fourth-order valence-corrected chi connectivity index (χ4v) is 4.09. The maximum Gasteiger partial charge on any atom is 0.305 e. The topological polar surface area (TPSA) is 74.7 Å². The zero-order valence-electron chi connectivity index (χ0n) is 12.7. The Morgan fingerprint density at radius 3 is 2.38 bits per heavy atom. The van der Waals surface area contributed by atoms with Crippen LogP contribution in [-0.4, -0.2) is 26.0 Å². The van der Waals surface area contributed by atoms with E-state index >= 15 is 0 Å². The largest absolute Gasteiger partial charge is 0.481 e. The Balaban J connectivity index is 2.54. The molecule has 2 aromatic carbocycles. The van der Waals surface area contributed by atoms with E-state index in [0.717, 1.165) is 4.31 Å². The van der Waals surface area contributed by atoms with Gasteiger partial charge < -0.3 is 5.11 Å². The molecular formula is C16H15Cl2NO4S. The first-order valence-corrected chi connectivity index (χ1v) is 9.18. The molecular weight excluding hydrogens is 373 g/mol. The summed E-state index contributed by atoms with van der Waals surface area (Å²) in [5.41, 5.74) is 1.14. The van der Waals surface area contributed by atoms with Gasteiger partial charge in [0.1, 0.15) is 0 Å². The van der Waals surface area contributed by atoms with Crippen molar-refractivity contribution in [3.05, 3.63) is 58.1 Å². The van der Waals surface area contributed by atoms with Gasteiger partial charge in [0.15, 0.2) is 0 Å². The third kappa shape index (κ3) is 4.01. The molecule has 0 aliphatic heterocycles. The maximum absolute atomic E-state index is 13.0. The van der Waals surface area contributed by atoms with Crippen LogP contribution in [0.15, 0.2) is 47.4 Å². The van der Waals surface area contributed by atoms with Crippen molar-refractivity contribution >= 4 is 44.9 Å². The minimum absolute atomic E-state index is 0.0504. The predicted molar refractivity (Wildman–Crippen MR) is 94.4 cm³/mol. The summed E-state index contributed by atoms with van der Waals surface area (Å²) < 4.78 is 27.1. The molecule has 0 unspecified atom stereocenters. The normalized spacial score (nSPS) is 11.3. The Morgan fingerprint density at radius 1 is 1.12 bits per heavy atom. The van der Waals surface area contributed by atoms with Crippen molar-refractivity contribution in [3.63, 3.8) is 0 Å². The Labute approximate surface area is 150 Å². The second kappa shape index (κ2) is 7.42. The van der Waals surface area contributed by atoms with E-state index in [-0.39, 0.29) is 27.9 Å². The van der Waals surface area contributed by atoms with Crippen molar-refractivity contribution in [1.82, 2.24) is 0 Å². The van der Waals surface area contributed by atoms with Crippen LogP contribution in [-0.2, 0) is 14.8 Å².